The molecule has 0 N–H and O–H groups in total. The lowest BCUT2D eigenvalue weighted by Crippen LogP contribution is -1.90. The van der Waals surface area contributed by atoms with E-state index in [0.29, 0.717) is 0 Å². The van der Waals surface area contributed by atoms with Crippen LogP contribution in [0.1, 0.15) is 11.4 Å². The van der Waals surface area contributed by atoms with Gasteiger partial charge in [-0.15, -0.1) is 0 Å². The van der Waals surface area contributed by atoms with Crippen LogP contribution in [0.3, 0.4) is 0 Å². The first-order chi connectivity index (χ1) is 5.77. The Hall–Kier alpha value is -1.51. The summed E-state index contributed by atoms with van der Waals surface area (Å²) in [6.07, 6.45) is 1.69. The van der Waals surface area contributed by atoms with Gasteiger partial charge < -0.3 is 0 Å². The third-order valence-corrected chi connectivity index (χ3v) is 1.84. The molecule has 2 aromatic heterocycles. The van der Waals surface area contributed by atoms with Gasteiger partial charge in [-0.2, -0.15) is 10.2 Å². The third kappa shape index (κ3) is 1.03. The van der Waals surface area contributed by atoms with Gasteiger partial charge in [-0.05, 0) is 26.0 Å². The summed E-state index contributed by atoms with van der Waals surface area (Å²) in [5.41, 5.74) is 2.86. The van der Waals surface area contributed by atoms with Crippen LogP contribution >= 0.6 is 0 Å². The first-order valence-electron chi connectivity index (χ1n) is 3.83. The van der Waals surface area contributed by atoms with E-state index in [-0.39, 0.29) is 0 Å². The fraction of sp³-hybridized carbons (Fsp3) is 0.222. The van der Waals surface area contributed by atoms with Crippen molar-refractivity contribution in [2.75, 3.05) is 0 Å². The average molecular weight is 159 g/mol. The topological polar surface area (TPSA) is 38.7 Å². The van der Waals surface area contributed by atoms with Gasteiger partial charge in [-0.3, -0.25) is 4.98 Å². The molecule has 60 valence electrons. The standard InChI is InChI=1S/C9H9N3/c1-6-3-4-8-7(2)12-10-5-9(8)11-6/h3-5H,1-2H3. The first kappa shape index (κ1) is 7.16. The van der Waals surface area contributed by atoms with Crippen LogP contribution < -0.4 is 0 Å². The van der Waals surface area contributed by atoms with Crippen molar-refractivity contribution in [3.05, 3.63) is 29.7 Å². The summed E-state index contributed by atoms with van der Waals surface area (Å²) in [6.45, 7) is 3.90. The van der Waals surface area contributed by atoms with E-state index in [1.54, 1.807) is 6.20 Å². The molecule has 0 radical (unpaired) electrons. The number of hydrogen-bond donors (Lipinski definition) is 0. The smallest absolute Gasteiger partial charge is 0.0925 e. The Bertz CT molecular complexity index is 423. The second-order valence-corrected chi connectivity index (χ2v) is 2.82. The summed E-state index contributed by atoms with van der Waals surface area (Å²) in [6, 6.07) is 4.01. The molecule has 0 aromatic carbocycles. The van der Waals surface area contributed by atoms with Crippen molar-refractivity contribution >= 4 is 10.9 Å². The molecule has 0 amide bonds. The first-order valence-corrected chi connectivity index (χ1v) is 3.83. The van der Waals surface area contributed by atoms with Crippen molar-refractivity contribution in [3.63, 3.8) is 0 Å². The second kappa shape index (κ2) is 2.52. The summed E-state index contributed by atoms with van der Waals surface area (Å²) in [7, 11) is 0. The van der Waals surface area contributed by atoms with Crippen molar-refractivity contribution in [1.82, 2.24) is 15.2 Å². The van der Waals surface area contributed by atoms with E-state index < -0.39 is 0 Å². The molecule has 0 aliphatic carbocycles. The molecule has 2 rings (SSSR count). The van der Waals surface area contributed by atoms with E-state index in [9.17, 15) is 0 Å². The van der Waals surface area contributed by atoms with Crippen LogP contribution in [-0.4, -0.2) is 15.2 Å². The zero-order valence-electron chi connectivity index (χ0n) is 7.07. The minimum absolute atomic E-state index is 0.919. The Kier molecular flexibility index (Phi) is 1.50. The number of fused-ring (bicyclic) bond motifs is 1. The number of aryl methyl sites for hydroxylation is 2. The van der Waals surface area contributed by atoms with Gasteiger partial charge in [0.25, 0.3) is 0 Å². The van der Waals surface area contributed by atoms with Gasteiger partial charge in [0.15, 0.2) is 0 Å². The molecule has 12 heavy (non-hydrogen) atoms. The quantitative estimate of drug-likeness (QED) is 0.586. The summed E-state index contributed by atoms with van der Waals surface area (Å²) >= 11 is 0. The predicted molar refractivity (Wildman–Crippen MR) is 46.8 cm³/mol. The maximum Gasteiger partial charge on any atom is 0.0925 e. The molecular weight excluding hydrogens is 150 g/mol. The van der Waals surface area contributed by atoms with Crippen molar-refractivity contribution < 1.29 is 0 Å². The Balaban J connectivity index is 2.86. The molecule has 0 saturated heterocycles. The predicted octanol–water partition coefficient (Wildman–Crippen LogP) is 1.64. The Morgan fingerprint density at radius 2 is 2.00 bits per heavy atom. The van der Waals surface area contributed by atoms with Crippen LogP contribution in [0.5, 0.6) is 0 Å². The molecule has 3 heteroatoms. The highest BCUT2D eigenvalue weighted by Crippen LogP contribution is 2.12. The van der Waals surface area contributed by atoms with Gasteiger partial charge >= 0.3 is 0 Å². The number of aromatic nitrogens is 3. The van der Waals surface area contributed by atoms with Crippen LogP contribution in [0.2, 0.25) is 0 Å². The van der Waals surface area contributed by atoms with E-state index in [2.05, 4.69) is 15.2 Å². The lowest BCUT2D eigenvalue weighted by Gasteiger charge is -1.98. The van der Waals surface area contributed by atoms with E-state index in [4.69, 9.17) is 0 Å². The molecule has 2 aromatic rings. The van der Waals surface area contributed by atoms with Crippen LogP contribution in [0.4, 0.5) is 0 Å². The third-order valence-electron chi connectivity index (χ3n) is 1.84. The maximum atomic E-state index is 4.33. The lowest BCUT2D eigenvalue weighted by molar-refractivity contribution is 0.994. The maximum absolute atomic E-state index is 4.33. The summed E-state index contributed by atoms with van der Waals surface area (Å²) in [4.78, 5) is 4.33. The van der Waals surface area contributed by atoms with E-state index in [1.165, 1.54) is 0 Å². The Morgan fingerprint density at radius 1 is 1.17 bits per heavy atom. The van der Waals surface area contributed by atoms with Crippen LogP contribution in [0.25, 0.3) is 10.9 Å². The largest absolute Gasteiger partial charge is 0.251 e. The molecule has 0 fully saturated rings. The minimum Gasteiger partial charge on any atom is -0.251 e. The Morgan fingerprint density at radius 3 is 2.83 bits per heavy atom. The molecule has 0 aliphatic heterocycles. The van der Waals surface area contributed by atoms with Crippen LogP contribution in [0.15, 0.2) is 18.3 Å². The molecule has 0 saturated carbocycles. The van der Waals surface area contributed by atoms with Crippen molar-refractivity contribution in [2.24, 2.45) is 0 Å². The number of nitrogens with zero attached hydrogens (tertiary/aromatic N) is 3. The summed E-state index contributed by atoms with van der Waals surface area (Å²) < 4.78 is 0. The fourth-order valence-corrected chi connectivity index (χ4v) is 1.21. The number of rotatable bonds is 0. The van der Waals surface area contributed by atoms with E-state index >= 15 is 0 Å². The van der Waals surface area contributed by atoms with Gasteiger partial charge in [0.1, 0.15) is 0 Å². The van der Waals surface area contributed by atoms with Gasteiger partial charge in [0.05, 0.1) is 17.4 Å². The number of pyridine rings is 1. The normalized spacial score (nSPS) is 10.5. The SMILES string of the molecule is Cc1ccc2c(C)nncc2n1. The molecule has 0 unspecified atom stereocenters. The average Bonchev–Trinajstić information content (AvgIpc) is 2.04. The van der Waals surface area contributed by atoms with Crippen molar-refractivity contribution in [3.8, 4) is 0 Å². The van der Waals surface area contributed by atoms with E-state index in [0.717, 1.165) is 22.3 Å². The van der Waals surface area contributed by atoms with Gasteiger partial charge in [-0.1, -0.05) is 0 Å². The molecule has 2 heterocycles. The van der Waals surface area contributed by atoms with Gasteiger partial charge in [-0.25, -0.2) is 0 Å². The Labute approximate surface area is 70.5 Å². The lowest BCUT2D eigenvalue weighted by atomic mass is 10.2. The fourth-order valence-electron chi connectivity index (χ4n) is 1.21. The summed E-state index contributed by atoms with van der Waals surface area (Å²) in [5, 5.41) is 8.87. The molecule has 3 nitrogen and oxygen atoms in total. The molecule has 0 bridgehead atoms. The van der Waals surface area contributed by atoms with Crippen LogP contribution in [0, 0.1) is 13.8 Å². The van der Waals surface area contributed by atoms with Gasteiger partial charge in [0, 0.05) is 11.1 Å². The number of hydrogen-bond acceptors (Lipinski definition) is 3. The molecule has 0 atom stereocenters. The highest BCUT2D eigenvalue weighted by Gasteiger charge is 1.98. The highest BCUT2D eigenvalue weighted by molar-refractivity contribution is 5.79. The van der Waals surface area contributed by atoms with Crippen molar-refractivity contribution in [1.29, 1.82) is 0 Å². The van der Waals surface area contributed by atoms with Gasteiger partial charge in [0.2, 0.25) is 0 Å². The van der Waals surface area contributed by atoms with Crippen LogP contribution in [-0.2, 0) is 0 Å². The van der Waals surface area contributed by atoms with E-state index in [1.807, 2.05) is 26.0 Å². The van der Waals surface area contributed by atoms with Crippen molar-refractivity contribution in [2.45, 2.75) is 13.8 Å². The summed E-state index contributed by atoms with van der Waals surface area (Å²) in [5.74, 6) is 0. The molecule has 0 aliphatic rings. The zero-order valence-corrected chi connectivity index (χ0v) is 7.07. The second-order valence-electron chi connectivity index (χ2n) is 2.82. The molecular formula is C9H9N3. The highest BCUT2D eigenvalue weighted by atomic mass is 15.1. The zero-order chi connectivity index (χ0) is 8.55. The molecule has 0 spiro atoms. The monoisotopic (exact) mass is 159 g/mol. The minimum atomic E-state index is 0.919.